The zero-order valence-corrected chi connectivity index (χ0v) is 12.1. The van der Waals surface area contributed by atoms with Crippen LogP contribution in [0.4, 0.5) is 0 Å². The van der Waals surface area contributed by atoms with Crippen LogP contribution in [-0.4, -0.2) is 17.7 Å². The summed E-state index contributed by atoms with van der Waals surface area (Å²) in [6.07, 6.45) is 0.834. The molecular formula is C17H20O3. The number of phenols is 1. The summed E-state index contributed by atoms with van der Waals surface area (Å²) in [5, 5.41) is 11.2. The molecule has 0 saturated carbocycles. The number of esters is 1. The molecule has 0 atom stereocenters. The Bertz CT molecular complexity index is 624. The molecule has 0 amide bonds. The molecule has 0 aliphatic heterocycles. The number of aromatic hydroxyl groups is 1. The molecule has 0 aliphatic carbocycles. The van der Waals surface area contributed by atoms with Gasteiger partial charge in [0, 0.05) is 0 Å². The monoisotopic (exact) mass is 272 g/mol. The second-order valence-electron chi connectivity index (χ2n) is 6.19. The summed E-state index contributed by atoms with van der Waals surface area (Å²) in [6, 6.07) is 10.4. The molecule has 2 rings (SSSR count). The molecule has 0 aromatic heterocycles. The van der Waals surface area contributed by atoms with Gasteiger partial charge in [0.05, 0.1) is 12.2 Å². The first-order valence-electron chi connectivity index (χ1n) is 6.75. The van der Waals surface area contributed by atoms with Crippen LogP contribution in [0.25, 0.3) is 10.8 Å². The summed E-state index contributed by atoms with van der Waals surface area (Å²) >= 11 is 0. The molecule has 0 aliphatic rings. The van der Waals surface area contributed by atoms with Gasteiger partial charge in [-0.15, -0.1) is 0 Å². The summed E-state index contributed by atoms with van der Waals surface area (Å²) in [7, 11) is 0. The molecule has 3 heteroatoms. The van der Waals surface area contributed by atoms with Gasteiger partial charge < -0.3 is 9.84 Å². The van der Waals surface area contributed by atoms with E-state index in [4.69, 9.17) is 4.74 Å². The Kier molecular flexibility index (Phi) is 3.98. The lowest BCUT2D eigenvalue weighted by atomic mass is 9.93. The zero-order valence-electron chi connectivity index (χ0n) is 12.1. The Morgan fingerprint density at radius 1 is 1.10 bits per heavy atom. The number of rotatable bonds is 3. The Hall–Kier alpha value is -2.03. The van der Waals surface area contributed by atoms with Crippen molar-refractivity contribution >= 4 is 16.7 Å². The van der Waals surface area contributed by atoms with Crippen LogP contribution >= 0.6 is 0 Å². The highest BCUT2D eigenvalue weighted by Crippen LogP contribution is 2.22. The van der Waals surface area contributed by atoms with Crippen molar-refractivity contribution in [2.45, 2.75) is 27.2 Å². The summed E-state index contributed by atoms with van der Waals surface area (Å²) in [5.41, 5.74) is 0.693. The molecule has 2 aromatic carbocycles. The first-order valence-corrected chi connectivity index (χ1v) is 6.75. The first kappa shape index (κ1) is 14.4. The molecule has 0 spiro atoms. The number of carbonyl (C=O) groups excluding carboxylic acids is 1. The number of hydrogen-bond donors (Lipinski definition) is 1. The number of hydrogen-bond acceptors (Lipinski definition) is 3. The van der Waals surface area contributed by atoms with E-state index in [1.807, 2.05) is 6.07 Å². The molecule has 106 valence electrons. The summed E-state index contributed by atoms with van der Waals surface area (Å²) in [6.45, 7) is 6.77. The van der Waals surface area contributed by atoms with Crippen molar-refractivity contribution in [2.24, 2.45) is 5.41 Å². The van der Waals surface area contributed by atoms with E-state index in [0.717, 1.165) is 17.2 Å². The van der Waals surface area contributed by atoms with E-state index in [0.29, 0.717) is 12.2 Å². The minimum absolute atomic E-state index is 0.154. The highest BCUT2D eigenvalue weighted by atomic mass is 16.5. The number of benzene rings is 2. The van der Waals surface area contributed by atoms with Gasteiger partial charge in [0.25, 0.3) is 0 Å². The molecule has 0 saturated heterocycles. The average Bonchev–Trinajstić information content (AvgIpc) is 2.36. The van der Waals surface area contributed by atoms with Crippen LogP contribution < -0.4 is 0 Å². The van der Waals surface area contributed by atoms with Gasteiger partial charge in [-0.25, -0.2) is 4.79 Å². The summed E-state index contributed by atoms with van der Waals surface area (Å²) in [5.74, 6) is -0.0813. The maximum absolute atomic E-state index is 12.0. The minimum atomic E-state index is -0.302. The number of ether oxygens (including phenoxy) is 1. The van der Waals surface area contributed by atoms with Gasteiger partial charge in [0.15, 0.2) is 0 Å². The SMILES string of the molecule is CC(C)(C)CCOC(=O)c1ccc2cc(O)ccc2c1. The van der Waals surface area contributed by atoms with E-state index < -0.39 is 0 Å². The van der Waals surface area contributed by atoms with Crippen molar-refractivity contribution in [1.82, 2.24) is 0 Å². The molecular weight excluding hydrogens is 252 g/mol. The van der Waals surface area contributed by atoms with E-state index in [1.54, 1.807) is 30.3 Å². The van der Waals surface area contributed by atoms with E-state index in [2.05, 4.69) is 20.8 Å². The highest BCUT2D eigenvalue weighted by Gasteiger charge is 2.13. The van der Waals surface area contributed by atoms with Crippen molar-refractivity contribution in [3.63, 3.8) is 0 Å². The third kappa shape index (κ3) is 3.73. The normalized spacial score (nSPS) is 11.6. The fourth-order valence-electron chi connectivity index (χ4n) is 1.89. The van der Waals surface area contributed by atoms with Crippen LogP contribution in [0.5, 0.6) is 5.75 Å². The lowest BCUT2D eigenvalue weighted by Crippen LogP contribution is -2.13. The first-order chi connectivity index (χ1) is 9.35. The van der Waals surface area contributed by atoms with Gasteiger partial charge in [-0.1, -0.05) is 32.9 Å². The largest absolute Gasteiger partial charge is 0.508 e. The van der Waals surface area contributed by atoms with Crippen LogP contribution in [0.1, 0.15) is 37.6 Å². The second kappa shape index (κ2) is 5.53. The fourth-order valence-corrected chi connectivity index (χ4v) is 1.89. The highest BCUT2D eigenvalue weighted by molar-refractivity contribution is 5.95. The van der Waals surface area contributed by atoms with Crippen molar-refractivity contribution < 1.29 is 14.6 Å². The predicted molar refractivity (Wildman–Crippen MR) is 80.0 cm³/mol. The van der Waals surface area contributed by atoms with Crippen molar-refractivity contribution in [2.75, 3.05) is 6.61 Å². The van der Waals surface area contributed by atoms with E-state index in [-0.39, 0.29) is 17.1 Å². The predicted octanol–water partition coefficient (Wildman–Crippen LogP) is 4.14. The van der Waals surface area contributed by atoms with E-state index >= 15 is 0 Å². The third-order valence-corrected chi connectivity index (χ3v) is 3.14. The number of fused-ring (bicyclic) bond motifs is 1. The fraction of sp³-hybridized carbons (Fsp3) is 0.353. The van der Waals surface area contributed by atoms with Crippen LogP contribution in [0.15, 0.2) is 36.4 Å². The third-order valence-electron chi connectivity index (χ3n) is 3.14. The van der Waals surface area contributed by atoms with Crippen LogP contribution in [0, 0.1) is 5.41 Å². The number of phenolic OH excluding ortho intramolecular Hbond substituents is 1. The lowest BCUT2D eigenvalue weighted by Gasteiger charge is -2.17. The molecule has 0 heterocycles. The second-order valence-corrected chi connectivity index (χ2v) is 6.19. The maximum Gasteiger partial charge on any atom is 0.338 e. The van der Waals surface area contributed by atoms with Crippen LogP contribution in [-0.2, 0) is 4.74 Å². The maximum atomic E-state index is 12.0. The van der Waals surface area contributed by atoms with E-state index in [9.17, 15) is 9.90 Å². The van der Waals surface area contributed by atoms with Gasteiger partial charge in [-0.05, 0) is 46.9 Å². The van der Waals surface area contributed by atoms with Crippen molar-refractivity contribution in [3.05, 3.63) is 42.0 Å². The standard InChI is InChI=1S/C17H20O3/c1-17(2,3)8-9-20-16(19)14-5-4-13-11-15(18)7-6-12(13)10-14/h4-7,10-11,18H,8-9H2,1-3H3. The molecule has 0 bridgehead atoms. The smallest absolute Gasteiger partial charge is 0.338 e. The average molecular weight is 272 g/mol. The van der Waals surface area contributed by atoms with Gasteiger partial charge in [-0.2, -0.15) is 0 Å². The molecule has 2 aromatic rings. The van der Waals surface area contributed by atoms with Crippen molar-refractivity contribution in [1.29, 1.82) is 0 Å². The summed E-state index contributed by atoms with van der Waals surface area (Å²) < 4.78 is 5.29. The van der Waals surface area contributed by atoms with E-state index in [1.165, 1.54) is 0 Å². The lowest BCUT2D eigenvalue weighted by molar-refractivity contribution is 0.0465. The quantitative estimate of drug-likeness (QED) is 0.854. The molecule has 0 unspecified atom stereocenters. The minimum Gasteiger partial charge on any atom is -0.508 e. The number of carbonyl (C=O) groups is 1. The zero-order chi connectivity index (χ0) is 14.8. The van der Waals surface area contributed by atoms with Gasteiger partial charge in [0.2, 0.25) is 0 Å². The molecule has 1 N–H and O–H groups in total. The summed E-state index contributed by atoms with van der Waals surface area (Å²) in [4.78, 5) is 12.0. The molecule has 0 radical (unpaired) electrons. The Balaban J connectivity index is 2.09. The topological polar surface area (TPSA) is 46.5 Å². The van der Waals surface area contributed by atoms with Crippen LogP contribution in [0.3, 0.4) is 0 Å². The Labute approximate surface area is 119 Å². The molecule has 20 heavy (non-hydrogen) atoms. The van der Waals surface area contributed by atoms with Gasteiger partial charge >= 0.3 is 5.97 Å². The van der Waals surface area contributed by atoms with Crippen LogP contribution in [0.2, 0.25) is 0 Å². The Morgan fingerprint density at radius 3 is 2.45 bits per heavy atom. The van der Waals surface area contributed by atoms with Gasteiger partial charge in [-0.3, -0.25) is 0 Å². The Morgan fingerprint density at radius 2 is 1.75 bits per heavy atom. The molecule has 3 nitrogen and oxygen atoms in total. The van der Waals surface area contributed by atoms with Crippen molar-refractivity contribution in [3.8, 4) is 5.75 Å². The van der Waals surface area contributed by atoms with Gasteiger partial charge in [0.1, 0.15) is 5.75 Å². The molecule has 0 fully saturated rings.